The molecule has 0 aliphatic rings. The number of aryl methyl sites for hydroxylation is 1. The van der Waals surface area contributed by atoms with Gasteiger partial charge in [0, 0.05) is 31.0 Å². The predicted molar refractivity (Wildman–Crippen MR) is 100 cm³/mol. The molecule has 3 rings (SSSR count). The zero-order chi connectivity index (χ0) is 19.2. The van der Waals surface area contributed by atoms with Crippen molar-refractivity contribution in [1.82, 2.24) is 15.0 Å². The standard InChI is InChI=1S/C21H22FN3O2/c1-15(2)25(14-16-6-4-3-5-7-16)20(26)13-12-19-23-21(24-27-19)17-8-10-18(22)11-9-17/h3-11,15H,12-14H2,1-2H3. The third kappa shape index (κ3) is 5.00. The Morgan fingerprint density at radius 1 is 1.11 bits per heavy atom. The number of hydrogen-bond donors (Lipinski definition) is 0. The smallest absolute Gasteiger partial charge is 0.227 e. The minimum absolute atomic E-state index is 0.0374. The largest absolute Gasteiger partial charge is 0.339 e. The van der Waals surface area contributed by atoms with Gasteiger partial charge in [-0.05, 0) is 43.7 Å². The molecule has 0 unspecified atom stereocenters. The zero-order valence-corrected chi connectivity index (χ0v) is 15.4. The molecule has 0 saturated carbocycles. The average molecular weight is 367 g/mol. The van der Waals surface area contributed by atoms with Crippen LogP contribution in [0.3, 0.4) is 0 Å². The minimum Gasteiger partial charge on any atom is -0.339 e. The van der Waals surface area contributed by atoms with Crippen LogP contribution in [0.5, 0.6) is 0 Å². The molecule has 0 aliphatic carbocycles. The van der Waals surface area contributed by atoms with Crippen LogP contribution in [0.25, 0.3) is 11.4 Å². The molecule has 1 heterocycles. The van der Waals surface area contributed by atoms with Crippen molar-refractivity contribution in [1.29, 1.82) is 0 Å². The topological polar surface area (TPSA) is 59.2 Å². The van der Waals surface area contributed by atoms with Crippen molar-refractivity contribution in [2.75, 3.05) is 0 Å². The van der Waals surface area contributed by atoms with Crippen LogP contribution < -0.4 is 0 Å². The molecule has 0 aliphatic heterocycles. The average Bonchev–Trinajstić information content (AvgIpc) is 3.14. The molecule has 140 valence electrons. The van der Waals surface area contributed by atoms with Crippen LogP contribution in [-0.2, 0) is 17.8 Å². The number of hydrogen-bond acceptors (Lipinski definition) is 4. The van der Waals surface area contributed by atoms with Crippen molar-refractivity contribution < 1.29 is 13.7 Å². The molecule has 1 aromatic heterocycles. The van der Waals surface area contributed by atoms with E-state index in [9.17, 15) is 9.18 Å². The van der Waals surface area contributed by atoms with E-state index in [1.165, 1.54) is 12.1 Å². The maximum atomic E-state index is 13.0. The van der Waals surface area contributed by atoms with E-state index in [1.807, 2.05) is 49.1 Å². The zero-order valence-electron chi connectivity index (χ0n) is 15.4. The number of nitrogens with zero attached hydrogens (tertiary/aromatic N) is 3. The van der Waals surface area contributed by atoms with Gasteiger partial charge in [0.25, 0.3) is 0 Å². The lowest BCUT2D eigenvalue weighted by molar-refractivity contribution is -0.133. The summed E-state index contributed by atoms with van der Waals surface area (Å²) in [4.78, 5) is 18.8. The molecule has 1 amide bonds. The Morgan fingerprint density at radius 3 is 2.48 bits per heavy atom. The number of rotatable bonds is 7. The Bertz CT molecular complexity index is 876. The fourth-order valence-electron chi connectivity index (χ4n) is 2.77. The van der Waals surface area contributed by atoms with Crippen molar-refractivity contribution in [3.8, 4) is 11.4 Å². The quantitative estimate of drug-likeness (QED) is 0.626. The van der Waals surface area contributed by atoms with Gasteiger partial charge in [0.1, 0.15) is 5.82 Å². The summed E-state index contributed by atoms with van der Waals surface area (Å²) in [6.07, 6.45) is 0.654. The number of aromatic nitrogens is 2. The summed E-state index contributed by atoms with van der Waals surface area (Å²) in [5.41, 5.74) is 1.77. The van der Waals surface area contributed by atoms with Crippen LogP contribution in [0.2, 0.25) is 0 Å². The third-order valence-electron chi connectivity index (χ3n) is 4.26. The molecule has 6 heteroatoms. The molecule has 0 bridgehead atoms. The van der Waals surface area contributed by atoms with E-state index in [-0.39, 0.29) is 24.2 Å². The van der Waals surface area contributed by atoms with Gasteiger partial charge in [0.15, 0.2) is 0 Å². The minimum atomic E-state index is -0.319. The summed E-state index contributed by atoms with van der Waals surface area (Å²) < 4.78 is 18.2. The number of benzene rings is 2. The molecule has 2 aromatic carbocycles. The van der Waals surface area contributed by atoms with Gasteiger partial charge in [-0.15, -0.1) is 0 Å². The molecule has 0 saturated heterocycles. The van der Waals surface area contributed by atoms with Gasteiger partial charge in [0.2, 0.25) is 17.6 Å². The first-order valence-electron chi connectivity index (χ1n) is 8.95. The fraction of sp³-hybridized carbons (Fsp3) is 0.286. The number of carbonyl (C=O) groups is 1. The molecule has 0 spiro atoms. The van der Waals surface area contributed by atoms with Crippen molar-refractivity contribution >= 4 is 5.91 Å². The lowest BCUT2D eigenvalue weighted by Crippen LogP contribution is -2.36. The summed E-state index contributed by atoms with van der Waals surface area (Å²) in [5.74, 6) is 0.504. The van der Waals surface area contributed by atoms with Gasteiger partial charge >= 0.3 is 0 Å². The second-order valence-corrected chi connectivity index (χ2v) is 6.62. The van der Waals surface area contributed by atoms with Crippen LogP contribution >= 0.6 is 0 Å². The Labute approximate surface area is 157 Å². The highest BCUT2D eigenvalue weighted by Gasteiger charge is 2.18. The normalized spacial score (nSPS) is 11.0. The number of halogens is 1. The number of amides is 1. The molecule has 0 radical (unpaired) electrons. The van der Waals surface area contributed by atoms with Crippen molar-refractivity contribution in [3.05, 3.63) is 71.9 Å². The predicted octanol–water partition coefficient (Wildman–Crippen LogP) is 4.25. The highest BCUT2D eigenvalue weighted by Crippen LogP contribution is 2.17. The SMILES string of the molecule is CC(C)N(Cc1ccccc1)C(=O)CCc1nc(-c2ccc(F)cc2)no1. The summed E-state index contributed by atoms with van der Waals surface area (Å²) in [6, 6.07) is 15.9. The summed E-state index contributed by atoms with van der Waals surface area (Å²) in [6.45, 7) is 4.57. The van der Waals surface area contributed by atoms with Crippen LogP contribution in [0.15, 0.2) is 59.1 Å². The Morgan fingerprint density at radius 2 is 1.81 bits per heavy atom. The molecule has 0 atom stereocenters. The van der Waals surface area contributed by atoms with E-state index in [2.05, 4.69) is 10.1 Å². The first-order valence-corrected chi connectivity index (χ1v) is 8.95. The maximum Gasteiger partial charge on any atom is 0.227 e. The highest BCUT2D eigenvalue weighted by atomic mass is 19.1. The molecule has 0 fully saturated rings. The van der Waals surface area contributed by atoms with Crippen molar-refractivity contribution in [2.45, 2.75) is 39.3 Å². The number of carbonyl (C=O) groups excluding carboxylic acids is 1. The monoisotopic (exact) mass is 367 g/mol. The van der Waals surface area contributed by atoms with Gasteiger partial charge in [-0.3, -0.25) is 4.79 Å². The Kier molecular flexibility index (Phi) is 5.96. The third-order valence-corrected chi connectivity index (χ3v) is 4.26. The first-order chi connectivity index (χ1) is 13.0. The summed E-state index contributed by atoms with van der Waals surface area (Å²) >= 11 is 0. The molecule has 5 nitrogen and oxygen atoms in total. The van der Waals surface area contributed by atoms with Crippen LogP contribution in [0, 0.1) is 5.82 Å². The summed E-state index contributed by atoms with van der Waals surface area (Å²) in [5, 5.41) is 3.91. The van der Waals surface area contributed by atoms with Gasteiger partial charge in [-0.2, -0.15) is 4.98 Å². The van der Waals surface area contributed by atoms with E-state index in [1.54, 1.807) is 12.1 Å². The second kappa shape index (κ2) is 8.58. The van der Waals surface area contributed by atoms with Gasteiger partial charge in [0.05, 0.1) is 0 Å². The van der Waals surface area contributed by atoms with Gasteiger partial charge < -0.3 is 9.42 Å². The molecule has 0 N–H and O–H groups in total. The van der Waals surface area contributed by atoms with Crippen molar-refractivity contribution in [3.63, 3.8) is 0 Å². The lowest BCUT2D eigenvalue weighted by atomic mass is 10.1. The highest BCUT2D eigenvalue weighted by molar-refractivity contribution is 5.76. The first kappa shape index (κ1) is 18.8. The Balaban J connectivity index is 1.61. The van der Waals surface area contributed by atoms with E-state index in [0.717, 1.165) is 5.56 Å². The van der Waals surface area contributed by atoms with E-state index in [0.29, 0.717) is 30.2 Å². The molecule has 3 aromatic rings. The van der Waals surface area contributed by atoms with E-state index >= 15 is 0 Å². The van der Waals surface area contributed by atoms with Crippen molar-refractivity contribution in [2.24, 2.45) is 0 Å². The van der Waals surface area contributed by atoms with E-state index < -0.39 is 0 Å². The molecular formula is C21H22FN3O2. The lowest BCUT2D eigenvalue weighted by Gasteiger charge is -2.26. The fourth-order valence-corrected chi connectivity index (χ4v) is 2.77. The van der Waals surface area contributed by atoms with Crippen LogP contribution in [-0.4, -0.2) is 27.0 Å². The Hall–Kier alpha value is -3.02. The molecule has 27 heavy (non-hydrogen) atoms. The molecular weight excluding hydrogens is 345 g/mol. The van der Waals surface area contributed by atoms with E-state index in [4.69, 9.17) is 4.52 Å². The summed E-state index contributed by atoms with van der Waals surface area (Å²) in [7, 11) is 0. The second-order valence-electron chi connectivity index (χ2n) is 6.62. The van der Waals surface area contributed by atoms with Crippen LogP contribution in [0.4, 0.5) is 4.39 Å². The van der Waals surface area contributed by atoms with Gasteiger partial charge in [-0.25, -0.2) is 4.39 Å². The maximum absolute atomic E-state index is 13.0. The van der Waals surface area contributed by atoms with Gasteiger partial charge in [-0.1, -0.05) is 35.5 Å². The van der Waals surface area contributed by atoms with Crippen LogP contribution in [0.1, 0.15) is 31.7 Å².